The van der Waals surface area contributed by atoms with Crippen LogP contribution in [0.1, 0.15) is 21.6 Å². The smallest absolute Gasteiger partial charge is 0.348 e. The van der Waals surface area contributed by atoms with Crippen LogP contribution in [0.3, 0.4) is 0 Å². The van der Waals surface area contributed by atoms with Crippen molar-refractivity contribution >= 4 is 28.6 Å². The zero-order valence-electron chi connectivity index (χ0n) is 9.02. The van der Waals surface area contributed by atoms with E-state index in [1.807, 2.05) is 18.4 Å². The Bertz CT molecular complexity index is 502. The predicted octanol–water partition coefficient (Wildman–Crippen LogP) is 3.36. The van der Waals surface area contributed by atoms with Crippen molar-refractivity contribution in [2.75, 3.05) is 6.61 Å². The molecule has 0 radical (unpaired) electrons. The highest BCUT2D eigenvalue weighted by molar-refractivity contribution is 7.17. The first kappa shape index (κ1) is 11.3. The molecule has 0 aliphatic rings. The third kappa shape index (κ3) is 2.31. The normalized spacial score (nSPS) is 10.4. The number of rotatable bonds is 3. The van der Waals surface area contributed by atoms with Crippen LogP contribution in [0.5, 0.6) is 0 Å². The van der Waals surface area contributed by atoms with Gasteiger partial charge in [0, 0.05) is 5.38 Å². The Morgan fingerprint density at radius 3 is 2.94 bits per heavy atom. The summed E-state index contributed by atoms with van der Waals surface area (Å²) in [4.78, 5) is 17.5. The Kier molecular flexibility index (Phi) is 3.36. The van der Waals surface area contributed by atoms with Crippen molar-refractivity contribution in [1.29, 1.82) is 0 Å². The minimum absolute atomic E-state index is 0.259. The number of aromatic nitrogens is 1. The topological polar surface area (TPSA) is 39.2 Å². The highest BCUT2D eigenvalue weighted by atomic mass is 32.1. The molecule has 2 aromatic rings. The van der Waals surface area contributed by atoms with Gasteiger partial charge in [-0.15, -0.1) is 22.7 Å². The number of aryl methyl sites for hydroxylation is 1. The molecular formula is C11H11NO2S2. The largest absolute Gasteiger partial charge is 0.462 e. The summed E-state index contributed by atoms with van der Waals surface area (Å²) in [5.41, 5.74) is 0.933. The van der Waals surface area contributed by atoms with Gasteiger partial charge in [0.1, 0.15) is 4.88 Å². The zero-order chi connectivity index (χ0) is 11.5. The molecule has 0 atom stereocenters. The lowest BCUT2D eigenvalue weighted by Crippen LogP contribution is -2.01. The Morgan fingerprint density at radius 2 is 2.31 bits per heavy atom. The predicted molar refractivity (Wildman–Crippen MR) is 66.1 cm³/mol. The molecule has 0 aromatic carbocycles. The molecule has 16 heavy (non-hydrogen) atoms. The Morgan fingerprint density at radius 1 is 1.50 bits per heavy atom. The molecule has 0 bridgehead atoms. The van der Waals surface area contributed by atoms with Gasteiger partial charge in [-0.05, 0) is 26.0 Å². The van der Waals surface area contributed by atoms with Gasteiger partial charge in [0.2, 0.25) is 0 Å². The quantitative estimate of drug-likeness (QED) is 0.787. The molecule has 84 valence electrons. The minimum atomic E-state index is -0.259. The van der Waals surface area contributed by atoms with Gasteiger partial charge in [0.25, 0.3) is 0 Å². The number of ether oxygens (including phenoxy) is 1. The first-order chi connectivity index (χ1) is 7.70. The lowest BCUT2D eigenvalue weighted by Gasteiger charge is -1.96. The lowest BCUT2D eigenvalue weighted by atomic mass is 10.3. The Labute approximate surface area is 102 Å². The van der Waals surface area contributed by atoms with Gasteiger partial charge in [-0.2, -0.15) is 0 Å². The van der Waals surface area contributed by atoms with Crippen molar-refractivity contribution in [2.45, 2.75) is 13.8 Å². The van der Waals surface area contributed by atoms with Crippen LogP contribution in [-0.2, 0) is 4.74 Å². The monoisotopic (exact) mass is 253 g/mol. The molecule has 0 aliphatic carbocycles. The maximum Gasteiger partial charge on any atom is 0.348 e. The van der Waals surface area contributed by atoms with E-state index in [2.05, 4.69) is 4.98 Å². The van der Waals surface area contributed by atoms with Crippen LogP contribution in [0, 0.1) is 6.92 Å². The summed E-state index contributed by atoms with van der Waals surface area (Å²) in [5.74, 6) is -0.259. The molecule has 3 nitrogen and oxygen atoms in total. The zero-order valence-corrected chi connectivity index (χ0v) is 10.7. The lowest BCUT2D eigenvalue weighted by molar-refractivity contribution is 0.0532. The fourth-order valence-electron chi connectivity index (χ4n) is 1.26. The summed E-state index contributed by atoms with van der Waals surface area (Å²) in [5, 5.41) is 3.02. The van der Waals surface area contributed by atoms with Crippen LogP contribution in [-0.4, -0.2) is 17.6 Å². The highest BCUT2D eigenvalue weighted by Crippen LogP contribution is 2.29. The molecule has 2 rings (SSSR count). The van der Waals surface area contributed by atoms with E-state index in [0.717, 1.165) is 15.6 Å². The molecular weight excluding hydrogens is 242 g/mol. The number of nitrogens with zero attached hydrogens (tertiary/aromatic N) is 1. The van der Waals surface area contributed by atoms with E-state index < -0.39 is 0 Å². The van der Waals surface area contributed by atoms with Gasteiger partial charge in [0.15, 0.2) is 0 Å². The summed E-state index contributed by atoms with van der Waals surface area (Å²) >= 11 is 3.02. The van der Waals surface area contributed by atoms with E-state index >= 15 is 0 Å². The maximum atomic E-state index is 11.5. The number of thiazole rings is 1. The van der Waals surface area contributed by atoms with Crippen LogP contribution >= 0.6 is 22.7 Å². The Hall–Kier alpha value is -1.20. The summed E-state index contributed by atoms with van der Waals surface area (Å²) < 4.78 is 4.94. The van der Waals surface area contributed by atoms with Crippen LogP contribution in [0.2, 0.25) is 0 Å². The van der Waals surface area contributed by atoms with Crippen molar-refractivity contribution in [3.8, 4) is 10.6 Å². The van der Waals surface area contributed by atoms with Gasteiger partial charge >= 0.3 is 5.97 Å². The van der Waals surface area contributed by atoms with Gasteiger partial charge in [-0.1, -0.05) is 0 Å². The average molecular weight is 253 g/mol. The minimum Gasteiger partial charge on any atom is -0.462 e. The molecule has 0 amide bonds. The molecule has 0 N–H and O–H groups in total. The summed E-state index contributed by atoms with van der Waals surface area (Å²) in [7, 11) is 0. The van der Waals surface area contributed by atoms with Gasteiger partial charge in [-0.3, -0.25) is 0 Å². The second kappa shape index (κ2) is 4.76. The first-order valence-electron chi connectivity index (χ1n) is 4.90. The van der Waals surface area contributed by atoms with Crippen LogP contribution in [0.25, 0.3) is 10.6 Å². The second-order valence-corrected chi connectivity index (χ2v) is 5.28. The fraction of sp³-hybridized carbons (Fsp3) is 0.273. The van der Waals surface area contributed by atoms with Crippen molar-refractivity contribution in [2.24, 2.45) is 0 Å². The van der Waals surface area contributed by atoms with Gasteiger partial charge < -0.3 is 4.74 Å². The summed E-state index contributed by atoms with van der Waals surface area (Å²) in [6, 6.07) is 3.69. The maximum absolute atomic E-state index is 11.5. The number of hydrogen-bond acceptors (Lipinski definition) is 5. The van der Waals surface area contributed by atoms with Crippen molar-refractivity contribution < 1.29 is 9.53 Å². The standard InChI is InChI=1S/C11H11NO2S2/c1-3-14-11(13)10-5-4-9(16-10)8-6-15-7(2)12-8/h4-6H,3H2,1-2H3. The molecule has 2 aromatic heterocycles. The number of thiophene rings is 1. The van der Waals surface area contributed by atoms with E-state index in [0.29, 0.717) is 11.5 Å². The van der Waals surface area contributed by atoms with Gasteiger partial charge in [-0.25, -0.2) is 9.78 Å². The number of carbonyl (C=O) groups excluding carboxylic acids is 1. The molecule has 0 saturated heterocycles. The van der Waals surface area contributed by atoms with Gasteiger partial charge in [0.05, 0.1) is 22.2 Å². The fourth-order valence-corrected chi connectivity index (χ4v) is 2.81. The van der Waals surface area contributed by atoms with E-state index in [1.165, 1.54) is 11.3 Å². The van der Waals surface area contributed by atoms with Crippen molar-refractivity contribution in [3.05, 3.63) is 27.4 Å². The highest BCUT2D eigenvalue weighted by Gasteiger charge is 2.12. The molecule has 2 heterocycles. The molecule has 0 unspecified atom stereocenters. The second-order valence-electron chi connectivity index (χ2n) is 3.14. The van der Waals surface area contributed by atoms with E-state index in [1.54, 1.807) is 24.3 Å². The van der Waals surface area contributed by atoms with Crippen LogP contribution < -0.4 is 0 Å². The number of carbonyl (C=O) groups is 1. The van der Waals surface area contributed by atoms with Crippen molar-refractivity contribution in [3.63, 3.8) is 0 Å². The van der Waals surface area contributed by atoms with E-state index in [9.17, 15) is 4.79 Å². The van der Waals surface area contributed by atoms with Crippen LogP contribution in [0.4, 0.5) is 0 Å². The van der Waals surface area contributed by atoms with E-state index in [4.69, 9.17) is 4.74 Å². The molecule has 0 fully saturated rings. The summed E-state index contributed by atoms with van der Waals surface area (Å²) in [6.07, 6.45) is 0. The SMILES string of the molecule is CCOC(=O)c1ccc(-c2csc(C)n2)s1. The average Bonchev–Trinajstić information content (AvgIpc) is 2.85. The first-order valence-corrected chi connectivity index (χ1v) is 6.59. The van der Waals surface area contributed by atoms with E-state index in [-0.39, 0.29) is 5.97 Å². The molecule has 5 heteroatoms. The van der Waals surface area contributed by atoms with Crippen molar-refractivity contribution in [1.82, 2.24) is 4.98 Å². The number of esters is 1. The Balaban J connectivity index is 2.22. The third-order valence-corrected chi connectivity index (χ3v) is 3.82. The third-order valence-electron chi connectivity index (χ3n) is 1.95. The molecule has 0 spiro atoms. The molecule has 0 aliphatic heterocycles. The molecule has 0 saturated carbocycles. The van der Waals surface area contributed by atoms with Crippen LogP contribution in [0.15, 0.2) is 17.5 Å². The number of hydrogen-bond donors (Lipinski definition) is 0. The summed E-state index contributed by atoms with van der Waals surface area (Å²) in [6.45, 7) is 4.17.